The lowest BCUT2D eigenvalue weighted by molar-refractivity contribution is -0.129. The molecule has 0 spiro atoms. The molecule has 26 heavy (non-hydrogen) atoms. The van der Waals surface area contributed by atoms with Gasteiger partial charge in [-0.05, 0) is 38.1 Å². The van der Waals surface area contributed by atoms with Gasteiger partial charge in [0.25, 0.3) is 5.91 Å². The first-order valence-electron chi connectivity index (χ1n) is 8.11. The van der Waals surface area contributed by atoms with Gasteiger partial charge in [-0.25, -0.2) is 9.78 Å². The Labute approximate surface area is 156 Å². The zero-order valence-corrected chi connectivity index (χ0v) is 15.8. The Morgan fingerprint density at radius 1 is 1.27 bits per heavy atom. The quantitative estimate of drug-likeness (QED) is 0.532. The molecule has 2 rings (SSSR count). The molecule has 1 aromatic heterocycles. The number of methoxy groups -OCH3 is 1. The van der Waals surface area contributed by atoms with Gasteiger partial charge >= 0.3 is 5.97 Å². The van der Waals surface area contributed by atoms with Gasteiger partial charge in [-0.15, -0.1) is 11.3 Å². The van der Waals surface area contributed by atoms with E-state index in [0.717, 1.165) is 10.7 Å². The van der Waals surface area contributed by atoms with Crippen molar-refractivity contribution in [1.82, 2.24) is 10.3 Å². The Hall–Kier alpha value is -2.45. The molecule has 140 valence electrons. The predicted octanol–water partition coefficient (Wildman–Crippen LogP) is 2.34. The molecule has 0 radical (unpaired) electrons. The van der Waals surface area contributed by atoms with Crippen LogP contribution in [0.4, 0.5) is 0 Å². The number of hydrogen-bond donors (Lipinski definition) is 1. The fourth-order valence-corrected chi connectivity index (χ4v) is 2.62. The van der Waals surface area contributed by atoms with E-state index in [-0.39, 0.29) is 5.91 Å². The molecule has 1 aromatic carbocycles. The molecule has 1 N–H and O–H groups in total. The van der Waals surface area contributed by atoms with Gasteiger partial charge in [0.2, 0.25) is 0 Å². The Morgan fingerprint density at radius 3 is 2.62 bits per heavy atom. The first-order valence-corrected chi connectivity index (χ1v) is 8.99. The summed E-state index contributed by atoms with van der Waals surface area (Å²) in [5.41, 5.74) is 1.21. The summed E-state index contributed by atoms with van der Waals surface area (Å²) in [4.78, 5) is 28.2. The lowest BCUT2D eigenvalue weighted by atomic mass is 10.2. The van der Waals surface area contributed by atoms with E-state index in [4.69, 9.17) is 14.2 Å². The van der Waals surface area contributed by atoms with Crippen molar-refractivity contribution in [3.05, 3.63) is 45.9 Å². The summed E-state index contributed by atoms with van der Waals surface area (Å²) in [6.07, 6.45) is -0.886. The van der Waals surface area contributed by atoms with Crippen LogP contribution in [0.3, 0.4) is 0 Å². The molecular weight excluding hydrogens is 356 g/mol. The van der Waals surface area contributed by atoms with E-state index in [9.17, 15) is 9.59 Å². The zero-order valence-electron chi connectivity index (χ0n) is 15.0. The Morgan fingerprint density at radius 2 is 2.00 bits per heavy atom. The molecule has 0 aliphatic carbocycles. The maximum absolute atomic E-state index is 12.1. The highest BCUT2D eigenvalue weighted by Crippen LogP contribution is 2.16. The molecule has 0 aliphatic rings. The van der Waals surface area contributed by atoms with Crippen LogP contribution < -0.4 is 10.1 Å². The number of benzene rings is 1. The number of nitrogens with zero attached hydrogens (tertiary/aromatic N) is 1. The largest absolute Gasteiger partial charge is 0.487 e. The van der Waals surface area contributed by atoms with E-state index in [1.165, 1.54) is 6.92 Å². The molecule has 7 nitrogen and oxygen atoms in total. The van der Waals surface area contributed by atoms with Crippen LogP contribution in [0.1, 0.15) is 28.0 Å². The first kappa shape index (κ1) is 19.9. The van der Waals surface area contributed by atoms with Crippen LogP contribution in [0, 0.1) is 6.92 Å². The van der Waals surface area contributed by atoms with Gasteiger partial charge in [-0.3, -0.25) is 4.79 Å². The molecule has 0 saturated heterocycles. The topological polar surface area (TPSA) is 86.8 Å². The van der Waals surface area contributed by atoms with Gasteiger partial charge < -0.3 is 19.5 Å². The fraction of sp³-hybridized carbons (Fsp3) is 0.389. The number of carbonyl (C=O) groups is 2. The normalized spacial score (nSPS) is 11.7. The van der Waals surface area contributed by atoms with E-state index >= 15 is 0 Å². The standard InChI is InChI=1S/C18H22N2O5S/c1-12(17(21)19-8-9-23-3)25-18(22)14-4-6-16(7-5-14)24-10-15-11-26-13(2)20-15/h4-7,11-12H,8-10H2,1-3H3,(H,19,21)/t12-/m0/s1. The van der Waals surface area contributed by atoms with Crippen LogP contribution in [0.2, 0.25) is 0 Å². The van der Waals surface area contributed by atoms with E-state index < -0.39 is 12.1 Å². The molecule has 8 heteroatoms. The summed E-state index contributed by atoms with van der Waals surface area (Å²) in [5.74, 6) is -0.312. The summed E-state index contributed by atoms with van der Waals surface area (Å²) in [7, 11) is 1.54. The van der Waals surface area contributed by atoms with Crippen LogP contribution >= 0.6 is 11.3 Å². The monoisotopic (exact) mass is 378 g/mol. The van der Waals surface area contributed by atoms with Gasteiger partial charge in [0, 0.05) is 19.0 Å². The lowest BCUT2D eigenvalue weighted by Gasteiger charge is -2.13. The van der Waals surface area contributed by atoms with Crippen LogP contribution in [-0.4, -0.2) is 43.2 Å². The molecule has 1 heterocycles. The third kappa shape index (κ3) is 6.12. The third-order valence-electron chi connectivity index (χ3n) is 3.40. The molecule has 0 fully saturated rings. The van der Waals surface area contributed by atoms with Gasteiger partial charge in [0.05, 0.1) is 22.9 Å². The zero-order chi connectivity index (χ0) is 18.9. The number of nitrogens with one attached hydrogen (secondary N) is 1. The third-order valence-corrected chi connectivity index (χ3v) is 4.22. The van der Waals surface area contributed by atoms with Crippen molar-refractivity contribution in [3.63, 3.8) is 0 Å². The first-order chi connectivity index (χ1) is 12.5. The summed E-state index contributed by atoms with van der Waals surface area (Å²) in [5, 5.41) is 5.55. The number of aryl methyl sites for hydroxylation is 1. The van der Waals surface area contributed by atoms with Crippen molar-refractivity contribution in [2.75, 3.05) is 20.3 Å². The predicted molar refractivity (Wildman–Crippen MR) is 97.4 cm³/mol. The summed E-state index contributed by atoms with van der Waals surface area (Å²) in [6.45, 7) is 4.59. The highest BCUT2D eigenvalue weighted by atomic mass is 32.1. The van der Waals surface area contributed by atoms with E-state index in [0.29, 0.717) is 31.1 Å². The smallest absolute Gasteiger partial charge is 0.338 e. The van der Waals surface area contributed by atoms with Crippen LogP contribution in [0.15, 0.2) is 29.6 Å². The van der Waals surface area contributed by atoms with Crippen molar-refractivity contribution < 1.29 is 23.8 Å². The van der Waals surface area contributed by atoms with Crippen molar-refractivity contribution in [2.45, 2.75) is 26.6 Å². The average Bonchev–Trinajstić information content (AvgIpc) is 3.05. The van der Waals surface area contributed by atoms with E-state index in [2.05, 4.69) is 10.3 Å². The second-order valence-electron chi connectivity index (χ2n) is 5.50. The van der Waals surface area contributed by atoms with Gasteiger partial charge in [0.1, 0.15) is 12.4 Å². The molecule has 0 saturated carbocycles. The molecule has 0 aliphatic heterocycles. The minimum absolute atomic E-state index is 0.346. The van der Waals surface area contributed by atoms with Crippen molar-refractivity contribution in [2.24, 2.45) is 0 Å². The molecule has 0 bridgehead atoms. The van der Waals surface area contributed by atoms with Gasteiger partial charge in [-0.2, -0.15) is 0 Å². The molecule has 1 atom stereocenters. The number of carbonyl (C=O) groups excluding carboxylic acids is 2. The van der Waals surface area contributed by atoms with Crippen LogP contribution in [-0.2, 0) is 20.9 Å². The number of esters is 1. The van der Waals surface area contributed by atoms with E-state index in [1.54, 1.807) is 42.7 Å². The van der Waals surface area contributed by atoms with Crippen LogP contribution in [0.5, 0.6) is 5.75 Å². The summed E-state index contributed by atoms with van der Waals surface area (Å²) < 4.78 is 15.6. The number of amides is 1. The number of hydrogen-bond acceptors (Lipinski definition) is 7. The summed E-state index contributed by atoms with van der Waals surface area (Å²) >= 11 is 1.57. The molecular formula is C18H22N2O5S. The molecule has 0 unspecified atom stereocenters. The Bertz CT molecular complexity index is 729. The second-order valence-corrected chi connectivity index (χ2v) is 6.56. The van der Waals surface area contributed by atoms with Gasteiger partial charge in [0.15, 0.2) is 6.10 Å². The maximum Gasteiger partial charge on any atom is 0.338 e. The van der Waals surface area contributed by atoms with Crippen LogP contribution in [0.25, 0.3) is 0 Å². The Balaban J connectivity index is 1.82. The number of aromatic nitrogens is 1. The van der Waals surface area contributed by atoms with Crippen molar-refractivity contribution >= 4 is 23.2 Å². The van der Waals surface area contributed by atoms with Gasteiger partial charge in [-0.1, -0.05) is 0 Å². The number of ether oxygens (including phenoxy) is 3. The second kappa shape index (κ2) is 9.88. The number of rotatable bonds is 9. The average molecular weight is 378 g/mol. The highest BCUT2D eigenvalue weighted by Gasteiger charge is 2.18. The SMILES string of the molecule is COCCNC(=O)[C@H](C)OC(=O)c1ccc(OCc2csc(C)n2)cc1. The maximum atomic E-state index is 12.1. The highest BCUT2D eigenvalue weighted by molar-refractivity contribution is 7.09. The fourth-order valence-electron chi connectivity index (χ4n) is 2.02. The van der Waals surface area contributed by atoms with Crippen molar-refractivity contribution in [1.29, 1.82) is 0 Å². The minimum Gasteiger partial charge on any atom is -0.487 e. The lowest BCUT2D eigenvalue weighted by Crippen LogP contribution is -2.37. The minimum atomic E-state index is -0.886. The molecule has 1 amide bonds. The van der Waals surface area contributed by atoms with Crippen molar-refractivity contribution in [3.8, 4) is 5.75 Å². The number of thiazole rings is 1. The van der Waals surface area contributed by atoms with E-state index in [1.807, 2.05) is 12.3 Å². The Kier molecular flexibility index (Phi) is 7.55. The molecule has 2 aromatic rings. The summed E-state index contributed by atoms with van der Waals surface area (Å²) in [6, 6.07) is 6.55.